The van der Waals surface area contributed by atoms with E-state index in [2.05, 4.69) is 5.32 Å². The Morgan fingerprint density at radius 2 is 2.05 bits per heavy atom. The van der Waals surface area contributed by atoms with Crippen LogP contribution in [-0.2, 0) is 9.53 Å². The highest BCUT2D eigenvalue weighted by Crippen LogP contribution is 2.23. The third-order valence-corrected chi connectivity index (χ3v) is 3.84. The van der Waals surface area contributed by atoms with Gasteiger partial charge in [-0.25, -0.2) is 4.79 Å². The number of carbonyl (C=O) groups is 2. The lowest BCUT2D eigenvalue weighted by Crippen LogP contribution is -2.50. The SMILES string of the molecule is O=C(O)CC1CN(C(=O)NCC2CCCC2)CCO1. The van der Waals surface area contributed by atoms with E-state index in [4.69, 9.17) is 9.84 Å². The van der Waals surface area contributed by atoms with Crippen LogP contribution in [0.25, 0.3) is 0 Å². The minimum atomic E-state index is -0.891. The lowest BCUT2D eigenvalue weighted by Gasteiger charge is -2.32. The van der Waals surface area contributed by atoms with Gasteiger partial charge in [-0.15, -0.1) is 0 Å². The Morgan fingerprint density at radius 1 is 1.32 bits per heavy atom. The molecule has 0 aromatic heterocycles. The molecule has 1 saturated carbocycles. The summed E-state index contributed by atoms with van der Waals surface area (Å²) in [6.07, 6.45) is 4.49. The molecule has 1 aliphatic carbocycles. The van der Waals surface area contributed by atoms with Gasteiger partial charge in [-0.05, 0) is 18.8 Å². The highest BCUT2D eigenvalue weighted by Gasteiger charge is 2.26. The zero-order chi connectivity index (χ0) is 13.7. The van der Waals surface area contributed by atoms with E-state index in [1.165, 1.54) is 25.7 Å². The zero-order valence-corrected chi connectivity index (χ0v) is 11.1. The monoisotopic (exact) mass is 270 g/mol. The molecule has 0 bridgehead atoms. The molecule has 0 spiro atoms. The van der Waals surface area contributed by atoms with Crippen molar-refractivity contribution in [2.24, 2.45) is 5.92 Å². The fourth-order valence-electron chi connectivity index (χ4n) is 2.78. The molecule has 2 N–H and O–H groups in total. The quantitative estimate of drug-likeness (QED) is 0.800. The van der Waals surface area contributed by atoms with Gasteiger partial charge in [-0.3, -0.25) is 4.79 Å². The molecular formula is C13H22N2O4. The van der Waals surface area contributed by atoms with Crippen LogP contribution in [0.3, 0.4) is 0 Å². The van der Waals surface area contributed by atoms with Crippen LogP contribution < -0.4 is 5.32 Å². The van der Waals surface area contributed by atoms with Gasteiger partial charge < -0.3 is 20.1 Å². The van der Waals surface area contributed by atoms with Crippen LogP contribution in [-0.4, -0.2) is 54.4 Å². The van der Waals surface area contributed by atoms with Crippen LogP contribution in [0.1, 0.15) is 32.1 Å². The number of urea groups is 1. The second kappa shape index (κ2) is 6.75. The van der Waals surface area contributed by atoms with Crippen LogP contribution in [0.2, 0.25) is 0 Å². The second-order valence-corrected chi connectivity index (χ2v) is 5.37. The molecule has 108 valence electrons. The van der Waals surface area contributed by atoms with Crippen molar-refractivity contribution in [2.75, 3.05) is 26.2 Å². The minimum absolute atomic E-state index is 0.0492. The Bertz CT molecular complexity index is 329. The summed E-state index contributed by atoms with van der Waals surface area (Å²) in [4.78, 5) is 24.3. The van der Waals surface area contributed by atoms with E-state index in [1.54, 1.807) is 4.90 Å². The lowest BCUT2D eigenvalue weighted by molar-refractivity contribution is -0.141. The summed E-state index contributed by atoms with van der Waals surface area (Å²) in [7, 11) is 0. The minimum Gasteiger partial charge on any atom is -0.481 e. The first-order valence-electron chi connectivity index (χ1n) is 7.01. The third kappa shape index (κ3) is 4.38. The standard InChI is InChI=1S/C13H22N2O4/c16-12(17)7-11-9-15(5-6-19-11)13(18)14-8-10-3-1-2-4-10/h10-11H,1-9H2,(H,14,18)(H,16,17). The Kier molecular flexibility index (Phi) is 5.01. The van der Waals surface area contributed by atoms with Gasteiger partial charge in [0.2, 0.25) is 0 Å². The number of aliphatic carboxylic acids is 1. The summed E-state index contributed by atoms with van der Waals surface area (Å²) in [6.45, 7) is 2.05. The van der Waals surface area contributed by atoms with Crippen molar-refractivity contribution in [3.05, 3.63) is 0 Å². The molecule has 1 aliphatic heterocycles. The number of morpholine rings is 1. The molecule has 1 unspecified atom stereocenters. The van der Waals surface area contributed by atoms with Gasteiger partial charge in [0.25, 0.3) is 0 Å². The zero-order valence-electron chi connectivity index (χ0n) is 11.1. The fraction of sp³-hybridized carbons (Fsp3) is 0.846. The molecule has 2 amide bonds. The third-order valence-electron chi connectivity index (χ3n) is 3.84. The molecule has 1 heterocycles. The van der Waals surface area contributed by atoms with Gasteiger partial charge in [0, 0.05) is 19.6 Å². The molecule has 2 rings (SSSR count). The van der Waals surface area contributed by atoms with Crippen molar-refractivity contribution in [3.8, 4) is 0 Å². The fourth-order valence-corrected chi connectivity index (χ4v) is 2.78. The predicted molar refractivity (Wildman–Crippen MR) is 68.9 cm³/mol. The van der Waals surface area contributed by atoms with Crippen LogP contribution >= 0.6 is 0 Å². The van der Waals surface area contributed by atoms with Gasteiger partial charge in [-0.1, -0.05) is 12.8 Å². The summed E-state index contributed by atoms with van der Waals surface area (Å²) in [5.74, 6) is -0.280. The van der Waals surface area contributed by atoms with Gasteiger partial charge in [0.15, 0.2) is 0 Å². The average molecular weight is 270 g/mol. The number of hydrogen-bond acceptors (Lipinski definition) is 3. The van der Waals surface area contributed by atoms with Crippen LogP contribution in [0.5, 0.6) is 0 Å². The first-order valence-corrected chi connectivity index (χ1v) is 7.01. The maximum Gasteiger partial charge on any atom is 0.317 e. The van der Waals surface area contributed by atoms with Crippen molar-refractivity contribution in [1.82, 2.24) is 10.2 Å². The van der Waals surface area contributed by atoms with E-state index in [1.807, 2.05) is 0 Å². The maximum absolute atomic E-state index is 12.0. The van der Waals surface area contributed by atoms with E-state index in [9.17, 15) is 9.59 Å². The molecule has 0 radical (unpaired) electrons. The molecule has 6 heteroatoms. The topological polar surface area (TPSA) is 78.9 Å². The van der Waals surface area contributed by atoms with Crippen LogP contribution in [0.4, 0.5) is 4.79 Å². The van der Waals surface area contributed by atoms with E-state index >= 15 is 0 Å². The normalized spacial score (nSPS) is 24.4. The van der Waals surface area contributed by atoms with E-state index in [-0.39, 0.29) is 18.6 Å². The first kappa shape index (κ1) is 14.1. The van der Waals surface area contributed by atoms with Crippen molar-refractivity contribution in [3.63, 3.8) is 0 Å². The van der Waals surface area contributed by atoms with Gasteiger partial charge in [0.05, 0.1) is 19.1 Å². The van der Waals surface area contributed by atoms with Crippen molar-refractivity contribution in [2.45, 2.75) is 38.2 Å². The molecule has 1 atom stereocenters. The summed E-state index contributed by atoms with van der Waals surface area (Å²) in [6, 6.07) is -0.0920. The van der Waals surface area contributed by atoms with E-state index in [0.717, 1.165) is 6.54 Å². The van der Waals surface area contributed by atoms with Crippen molar-refractivity contribution >= 4 is 12.0 Å². The number of carbonyl (C=O) groups excluding carboxylic acids is 1. The van der Waals surface area contributed by atoms with Crippen LogP contribution in [0.15, 0.2) is 0 Å². The van der Waals surface area contributed by atoms with E-state index in [0.29, 0.717) is 25.6 Å². The first-order chi connectivity index (χ1) is 9.15. The number of ether oxygens (including phenoxy) is 1. The predicted octanol–water partition coefficient (Wildman–Crippen LogP) is 1.06. The average Bonchev–Trinajstić information content (AvgIpc) is 2.88. The second-order valence-electron chi connectivity index (χ2n) is 5.37. The number of carboxylic acid groups (broad SMARTS) is 1. The number of nitrogens with one attached hydrogen (secondary N) is 1. The molecule has 2 aliphatic rings. The van der Waals surface area contributed by atoms with Gasteiger partial charge in [-0.2, -0.15) is 0 Å². The number of nitrogens with zero attached hydrogens (tertiary/aromatic N) is 1. The van der Waals surface area contributed by atoms with Crippen molar-refractivity contribution in [1.29, 1.82) is 0 Å². The summed E-state index contributed by atoms with van der Waals surface area (Å²) in [5.41, 5.74) is 0. The van der Waals surface area contributed by atoms with Gasteiger partial charge >= 0.3 is 12.0 Å². The highest BCUT2D eigenvalue weighted by molar-refractivity contribution is 5.74. The Morgan fingerprint density at radius 3 is 2.74 bits per heavy atom. The lowest BCUT2D eigenvalue weighted by atomic mass is 10.1. The molecule has 0 aromatic rings. The molecule has 19 heavy (non-hydrogen) atoms. The summed E-state index contributed by atoms with van der Waals surface area (Å²) >= 11 is 0. The Balaban J connectivity index is 1.73. The molecule has 2 fully saturated rings. The summed E-state index contributed by atoms with van der Waals surface area (Å²) < 4.78 is 5.34. The largest absolute Gasteiger partial charge is 0.481 e. The number of carboxylic acids is 1. The Labute approximate surface area is 113 Å². The number of hydrogen-bond donors (Lipinski definition) is 2. The molecule has 0 aromatic carbocycles. The smallest absolute Gasteiger partial charge is 0.317 e. The van der Waals surface area contributed by atoms with E-state index < -0.39 is 5.97 Å². The summed E-state index contributed by atoms with van der Waals surface area (Å²) in [5, 5.41) is 11.7. The van der Waals surface area contributed by atoms with Crippen molar-refractivity contribution < 1.29 is 19.4 Å². The Hall–Kier alpha value is -1.30. The molecule has 6 nitrogen and oxygen atoms in total. The maximum atomic E-state index is 12.0. The van der Waals surface area contributed by atoms with Gasteiger partial charge in [0.1, 0.15) is 0 Å². The number of amides is 2. The molecule has 1 saturated heterocycles. The number of rotatable bonds is 4. The molecular weight excluding hydrogens is 248 g/mol. The highest BCUT2D eigenvalue weighted by atomic mass is 16.5. The van der Waals surface area contributed by atoms with Crippen LogP contribution in [0, 0.1) is 5.92 Å².